The third-order valence-corrected chi connectivity index (χ3v) is 5.59. The van der Waals surface area contributed by atoms with Gasteiger partial charge in [0.15, 0.2) is 0 Å². The molecule has 0 aromatic heterocycles. The Balaban J connectivity index is 1.82. The van der Waals surface area contributed by atoms with Crippen molar-refractivity contribution in [2.75, 3.05) is 15.5 Å². The number of hydrogen-bond acceptors (Lipinski definition) is 5. The first-order chi connectivity index (χ1) is 15.9. The summed E-state index contributed by atoms with van der Waals surface area (Å²) in [6, 6.07) is 9.34. The maximum atomic E-state index is 14.4. The first-order valence-corrected chi connectivity index (χ1v) is 10.2. The van der Waals surface area contributed by atoms with E-state index in [1.54, 1.807) is 17.2 Å². The van der Waals surface area contributed by atoms with E-state index in [2.05, 4.69) is 22.2 Å². The third kappa shape index (κ3) is 4.10. The number of fused-ring (bicyclic) bond motifs is 3. The summed E-state index contributed by atoms with van der Waals surface area (Å²) in [5, 5.41) is 12.7. The zero-order valence-electron chi connectivity index (χ0n) is 17.9. The van der Waals surface area contributed by atoms with E-state index in [1.807, 2.05) is 37.4 Å². The van der Waals surface area contributed by atoms with E-state index in [0.717, 1.165) is 29.2 Å². The van der Waals surface area contributed by atoms with E-state index in [4.69, 9.17) is 5.41 Å². The molecule has 2 unspecified atom stereocenters. The minimum Gasteiger partial charge on any atom is -0.362 e. The average molecular weight is 443 g/mol. The standard InChI is InChI=1S/C25H22FN5O2/c1-3-22(32)30-21-14-17(6-7-19(21)26)31-23(33)9-10-25(2)15-29-20-8-5-16(28-12-4-11-27)13-18(20)24(25)31/h3-15,24,27-28H,1H2,2H3,(H,30,32)/b12-4-,27-11?. The topological polar surface area (TPSA) is 97.7 Å². The summed E-state index contributed by atoms with van der Waals surface area (Å²) in [4.78, 5) is 31.0. The highest BCUT2D eigenvalue weighted by Crippen LogP contribution is 2.50. The number of hydrogen-bond donors (Lipinski definition) is 3. The molecule has 2 atom stereocenters. The van der Waals surface area contributed by atoms with Crippen molar-refractivity contribution in [2.24, 2.45) is 10.4 Å². The summed E-state index contributed by atoms with van der Waals surface area (Å²) < 4.78 is 14.4. The van der Waals surface area contributed by atoms with Gasteiger partial charge in [-0.15, -0.1) is 0 Å². The predicted octanol–water partition coefficient (Wildman–Crippen LogP) is 4.89. The Morgan fingerprint density at radius 1 is 1.30 bits per heavy atom. The molecular weight excluding hydrogens is 421 g/mol. The number of nitrogens with one attached hydrogen (secondary N) is 3. The molecule has 166 valence electrons. The number of carbonyl (C=O) groups excluding carboxylic acids is 2. The highest BCUT2D eigenvalue weighted by atomic mass is 19.1. The Morgan fingerprint density at radius 3 is 2.88 bits per heavy atom. The van der Waals surface area contributed by atoms with Crippen LogP contribution in [0.15, 0.2) is 78.5 Å². The molecule has 2 aliphatic heterocycles. The first kappa shape index (κ1) is 21.9. The molecule has 0 saturated carbocycles. The van der Waals surface area contributed by atoms with Gasteiger partial charge in [-0.05, 0) is 55.5 Å². The molecule has 2 amide bonds. The smallest absolute Gasteiger partial charge is 0.251 e. The summed E-state index contributed by atoms with van der Waals surface area (Å²) >= 11 is 0. The van der Waals surface area contributed by atoms with Crippen molar-refractivity contribution in [3.63, 3.8) is 0 Å². The molecule has 0 saturated heterocycles. The van der Waals surface area contributed by atoms with E-state index in [-0.39, 0.29) is 11.6 Å². The zero-order chi connectivity index (χ0) is 23.6. The predicted molar refractivity (Wildman–Crippen MR) is 129 cm³/mol. The van der Waals surface area contributed by atoms with Gasteiger partial charge < -0.3 is 16.0 Å². The quantitative estimate of drug-likeness (QED) is 0.438. The highest BCUT2D eigenvalue weighted by molar-refractivity contribution is 6.06. The second kappa shape index (κ2) is 8.66. The van der Waals surface area contributed by atoms with Crippen molar-refractivity contribution in [3.05, 3.63) is 84.9 Å². The van der Waals surface area contributed by atoms with Gasteiger partial charge in [0, 0.05) is 47.1 Å². The number of rotatable bonds is 6. The molecule has 8 heteroatoms. The highest BCUT2D eigenvalue weighted by Gasteiger charge is 2.45. The van der Waals surface area contributed by atoms with Gasteiger partial charge in [-0.25, -0.2) is 4.39 Å². The number of allylic oxidation sites excluding steroid dienone is 1. The van der Waals surface area contributed by atoms with Crippen LogP contribution >= 0.6 is 0 Å². The van der Waals surface area contributed by atoms with Crippen molar-refractivity contribution < 1.29 is 14.0 Å². The van der Waals surface area contributed by atoms with E-state index < -0.39 is 23.2 Å². The second-order valence-electron chi connectivity index (χ2n) is 7.87. The molecule has 0 radical (unpaired) electrons. The fourth-order valence-electron chi connectivity index (χ4n) is 4.02. The number of benzene rings is 2. The van der Waals surface area contributed by atoms with Gasteiger partial charge in [0.1, 0.15) is 5.82 Å². The van der Waals surface area contributed by atoms with Crippen LogP contribution in [0.5, 0.6) is 0 Å². The molecule has 0 spiro atoms. The van der Waals surface area contributed by atoms with Crippen LogP contribution in [-0.4, -0.2) is 24.2 Å². The Labute approximate surface area is 190 Å². The van der Waals surface area contributed by atoms with Gasteiger partial charge in [0.05, 0.1) is 17.4 Å². The van der Waals surface area contributed by atoms with E-state index in [0.29, 0.717) is 5.69 Å². The SMILES string of the molecule is C=CC(=O)Nc1cc(N2C(=O)C=CC3(C)C=Nc4ccc(N/C=C\C=N)cc4C23)ccc1F. The number of nitrogens with zero attached hydrogens (tertiary/aromatic N) is 2. The van der Waals surface area contributed by atoms with Crippen LogP contribution in [0.4, 0.5) is 27.1 Å². The van der Waals surface area contributed by atoms with Gasteiger partial charge in [0.2, 0.25) is 5.91 Å². The van der Waals surface area contributed by atoms with Crippen molar-refractivity contribution in [1.82, 2.24) is 0 Å². The fraction of sp³-hybridized carbons (Fsp3) is 0.120. The molecule has 2 aromatic carbocycles. The van der Waals surface area contributed by atoms with Gasteiger partial charge in [-0.3, -0.25) is 19.5 Å². The zero-order valence-corrected chi connectivity index (χ0v) is 17.9. The Bertz CT molecular complexity index is 1250. The number of anilines is 3. The summed E-state index contributed by atoms with van der Waals surface area (Å²) in [5.74, 6) is -1.44. The van der Waals surface area contributed by atoms with Crippen LogP contribution in [0.3, 0.4) is 0 Å². The minimum absolute atomic E-state index is 0.0432. The molecule has 3 N–H and O–H groups in total. The van der Waals surface area contributed by atoms with Crippen molar-refractivity contribution in [3.8, 4) is 0 Å². The molecule has 2 aromatic rings. The molecular formula is C25H22FN5O2. The van der Waals surface area contributed by atoms with Crippen molar-refractivity contribution >= 4 is 47.0 Å². The van der Waals surface area contributed by atoms with Gasteiger partial charge in [-0.2, -0.15) is 0 Å². The monoisotopic (exact) mass is 443 g/mol. The maximum absolute atomic E-state index is 14.4. The van der Waals surface area contributed by atoms with Crippen molar-refractivity contribution in [1.29, 1.82) is 5.41 Å². The van der Waals surface area contributed by atoms with Crippen LogP contribution in [0, 0.1) is 16.6 Å². The Morgan fingerprint density at radius 2 is 2.12 bits per heavy atom. The van der Waals surface area contributed by atoms with Crippen LogP contribution in [-0.2, 0) is 9.59 Å². The summed E-state index contributed by atoms with van der Waals surface area (Å²) in [6.07, 6.45) is 10.5. The van der Waals surface area contributed by atoms with E-state index >= 15 is 0 Å². The van der Waals surface area contributed by atoms with E-state index in [9.17, 15) is 14.0 Å². The largest absolute Gasteiger partial charge is 0.362 e. The fourth-order valence-corrected chi connectivity index (χ4v) is 4.02. The maximum Gasteiger partial charge on any atom is 0.251 e. The first-order valence-electron chi connectivity index (χ1n) is 10.2. The lowest BCUT2D eigenvalue weighted by atomic mass is 9.74. The van der Waals surface area contributed by atoms with Crippen LogP contribution < -0.4 is 15.5 Å². The lowest BCUT2D eigenvalue weighted by Gasteiger charge is -2.45. The number of halogens is 1. The molecule has 7 nitrogen and oxygen atoms in total. The Hall–Kier alpha value is -4.33. The van der Waals surface area contributed by atoms with Crippen molar-refractivity contribution in [2.45, 2.75) is 13.0 Å². The molecule has 4 rings (SSSR count). The third-order valence-electron chi connectivity index (χ3n) is 5.59. The summed E-state index contributed by atoms with van der Waals surface area (Å²) in [5.41, 5.74) is 2.08. The minimum atomic E-state index is -0.619. The van der Waals surface area contributed by atoms with Gasteiger partial charge in [-0.1, -0.05) is 12.7 Å². The molecule has 0 bridgehead atoms. The van der Waals surface area contributed by atoms with E-state index in [1.165, 1.54) is 24.3 Å². The molecule has 0 aliphatic carbocycles. The second-order valence-corrected chi connectivity index (χ2v) is 7.87. The number of amides is 2. The molecule has 2 heterocycles. The lowest BCUT2D eigenvalue weighted by molar-refractivity contribution is -0.115. The average Bonchev–Trinajstić information content (AvgIpc) is 2.81. The van der Waals surface area contributed by atoms with Crippen LogP contribution in [0.25, 0.3) is 0 Å². The molecule has 2 aliphatic rings. The Kier molecular flexibility index (Phi) is 5.74. The lowest BCUT2D eigenvalue weighted by Crippen LogP contribution is -2.47. The van der Waals surface area contributed by atoms with Gasteiger partial charge in [0.25, 0.3) is 5.91 Å². The number of carbonyl (C=O) groups is 2. The summed E-state index contributed by atoms with van der Waals surface area (Å²) in [7, 11) is 0. The molecule has 0 fully saturated rings. The number of aliphatic imine (C=N–C) groups is 1. The van der Waals surface area contributed by atoms with Crippen LogP contribution in [0.2, 0.25) is 0 Å². The normalized spacial score (nSPS) is 20.8. The summed E-state index contributed by atoms with van der Waals surface area (Å²) in [6.45, 7) is 5.36. The molecule has 33 heavy (non-hydrogen) atoms. The van der Waals surface area contributed by atoms with Crippen LogP contribution in [0.1, 0.15) is 18.5 Å². The van der Waals surface area contributed by atoms with Gasteiger partial charge >= 0.3 is 0 Å².